The van der Waals surface area contributed by atoms with Crippen molar-refractivity contribution in [1.82, 2.24) is 25.8 Å². The second-order valence-corrected chi connectivity index (χ2v) is 6.39. The Kier molecular flexibility index (Phi) is 9.49. The molecular weight excluding hydrogens is 342 g/mol. The first-order valence-electron chi connectivity index (χ1n) is 8.94. The number of amides is 1. The van der Waals surface area contributed by atoms with Crippen molar-refractivity contribution < 1.29 is 24.6 Å². The molecular formula is C16H31N5O5. The zero-order valence-electron chi connectivity index (χ0n) is 15.6. The fraction of sp³-hybridized carbons (Fsp3) is 0.812. The molecule has 26 heavy (non-hydrogen) atoms. The number of likely N-dealkylation sites (N-methyl/N-ethyl adjacent to an activating group) is 1. The summed E-state index contributed by atoms with van der Waals surface area (Å²) in [4.78, 5) is 38.8. The maximum atomic E-state index is 12.5. The van der Waals surface area contributed by atoms with E-state index < -0.39 is 23.4 Å². The number of carboxylic acid groups (broad SMARTS) is 2. The SMILES string of the molecule is CCNC(=O)C(C)(C(=O)O)N1CCNCCNCCN(CC(=O)O)CC1. The van der Waals surface area contributed by atoms with Crippen molar-refractivity contribution in [3.05, 3.63) is 0 Å². The smallest absolute Gasteiger partial charge is 0.333 e. The lowest BCUT2D eigenvalue weighted by molar-refractivity contribution is -0.158. The van der Waals surface area contributed by atoms with Gasteiger partial charge in [0.2, 0.25) is 0 Å². The average molecular weight is 373 g/mol. The number of rotatable bonds is 6. The quantitative estimate of drug-likeness (QED) is 0.330. The molecule has 1 saturated heterocycles. The molecule has 10 nitrogen and oxygen atoms in total. The van der Waals surface area contributed by atoms with Gasteiger partial charge >= 0.3 is 11.9 Å². The molecule has 0 aromatic heterocycles. The van der Waals surface area contributed by atoms with Crippen LogP contribution in [0.1, 0.15) is 13.8 Å². The standard InChI is InChI=1S/C16H31N5O5/c1-3-19-14(24)16(2,15(25)26)21-9-7-18-5-4-17-6-8-20(10-11-21)12-13(22)23/h17-18H,3-12H2,1-2H3,(H,19,24)(H,22,23)(H,25,26). The third kappa shape index (κ3) is 6.52. The number of nitrogens with one attached hydrogen (secondary N) is 3. The number of carbonyl (C=O) groups excluding carboxylic acids is 1. The van der Waals surface area contributed by atoms with Crippen LogP contribution in [0, 0.1) is 0 Å². The van der Waals surface area contributed by atoms with E-state index in [1.807, 2.05) is 0 Å². The summed E-state index contributed by atoms with van der Waals surface area (Å²) in [5.74, 6) is -2.72. The highest BCUT2D eigenvalue weighted by Gasteiger charge is 2.46. The van der Waals surface area contributed by atoms with E-state index in [0.29, 0.717) is 45.8 Å². The summed E-state index contributed by atoms with van der Waals surface area (Å²) in [5, 5.41) is 27.9. The van der Waals surface area contributed by atoms with Gasteiger partial charge in [-0.1, -0.05) is 0 Å². The Morgan fingerprint density at radius 2 is 1.62 bits per heavy atom. The lowest BCUT2D eigenvalue weighted by atomic mass is 9.98. The van der Waals surface area contributed by atoms with Crippen LogP contribution in [0.5, 0.6) is 0 Å². The molecule has 0 aliphatic carbocycles. The minimum atomic E-state index is -1.71. The minimum Gasteiger partial charge on any atom is -0.480 e. The van der Waals surface area contributed by atoms with Crippen LogP contribution in [-0.4, -0.2) is 109 Å². The van der Waals surface area contributed by atoms with Gasteiger partial charge in [-0.05, 0) is 13.8 Å². The molecule has 0 radical (unpaired) electrons. The third-order valence-corrected chi connectivity index (χ3v) is 4.52. The van der Waals surface area contributed by atoms with Crippen LogP contribution in [0.25, 0.3) is 0 Å². The van der Waals surface area contributed by atoms with Crippen LogP contribution in [0.3, 0.4) is 0 Å². The highest BCUT2D eigenvalue weighted by molar-refractivity contribution is 6.06. The first-order valence-corrected chi connectivity index (χ1v) is 8.94. The summed E-state index contributed by atoms with van der Waals surface area (Å²) in [5.41, 5.74) is -1.71. The first-order chi connectivity index (χ1) is 12.3. The van der Waals surface area contributed by atoms with Crippen LogP contribution in [-0.2, 0) is 14.4 Å². The van der Waals surface area contributed by atoms with Gasteiger partial charge in [0.15, 0.2) is 5.54 Å². The molecule has 0 aromatic rings. The molecule has 10 heteroatoms. The molecule has 0 aromatic carbocycles. The second kappa shape index (κ2) is 11.1. The number of carbonyl (C=O) groups is 3. The molecule has 1 unspecified atom stereocenters. The molecule has 0 bridgehead atoms. The topological polar surface area (TPSA) is 134 Å². The predicted octanol–water partition coefficient (Wildman–Crippen LogP) is -2.15. The van der Waals surface area contributed by atoms with E-state index in [2.05, 4.69) is 16.0 Å². The maximum Gasteiger partial charge on any atom is 0.333 e. The van der Waals surface area contributed by atoms with Crippen molar-refractivity contribution in [2.24, 2.45) is 0 Å². The van der Waals surface area contributed by atoms with E-state index in [1.54, 1.807) is 16.7 Å². The molecule has 5 N–H and O–H groups in total. The van der Waals surface area contributed by atoms with Crippen LogP contribution in [0.2, 0.25) is 0 Å². The molecule has 1 atom stereocenters. The van der Waals surface area contributed by atoms with Gasteiger partial charge in [-0.2, -0.15) is 0 Å². The Balaban J connectivity index is 2.98. The van der Waals surface area contributed by atoms with Crippen molar-refractivity contribution in [3.8, 4) is 0 Å². The Hall–Kier alpha value is -1.75. The molecule has 1 fully saturated rings. The fourth-order valence-corrected chi connectivity index (χ4v) is 2.87. The summed E-state index contributed by atoms with van der Waals surface area (Å²) in [6.07, 6.45) is 0. The van der Waals surface area contributed by atoms with Gasteiger partial charge < -0.3 is 26.2 Å². The third-order valence-electron chi connectivity index (χ3n) is 4.52. The van der Waals surface area contributed by atoms with E-state index in [0.717, 1.165) is 6.54 Å². The number of carboxylic acids is 2. The van der Waals surface area contributed by atoms with Crippen LogP contribution < -0.4 is 16.0 Å². The van der Waals surface area contributed by atoms with Crippen LogP contribution in [0.15, 0.2) is 0 Å². The average Bonchev–Trinajstić information content (AvgIpc) is 2.56. The van der Waals surface area contributed by atoms with Gasteiger partial charge in [-0.15, -0.1) is 0 Å². The van der Waals surface area contributed by atoms with Crippen molar-refractivity contribution in [2.45, 2.75) is 19.4 Å². The zero-order valence-corrected chi connectivity index (χ0v) is 15.6. The van der Waals surface area contributed by atoms with E-state index in [-0.39, 0.29) is 13.1 Å². The van der Waals surface area contributed by atoms with Crippen molar-refractivity contribution in [2.75, 3.05) is 65.4 Å². The normalized spacial score (nSPS) is 21.0. The van der Waals surface area contributed by atoms with Gasteiger partial charge in [0.1, 0.15) is 0 Å². The Morgan fingerprint density at radius 1 is 1.00 bits per heavy atom. The van der Waals surface area contributed by atoms with E-state index >= 15 is 0 Å². The summed E-state index contributed by atoms with van der Waals surface area (Å²) in [6, 6.07) is 0. The lowest BCUT2D eigenvalue weighted by Crippen LogP contribution is -2.64. The van der Waals surface area contributed by atoms with E-state index in [4.69, 9.17) is 5.11 Å². The molecule has 150 valence electrons. The minimum absolute atomic E-state index is 0.126. The molecule has 0 spiro atoms. The van der Waals surface area contributed by atoms with E-state index in [1.165, 1.54) is 6.92 Å². The number of aliphatic carboxylic acids is 2. The highest BCUT2D eigenvalue weighted by Crippen LogP contribution is 2.16. The van der Waals surface area contributed by atoms with Crippen molar-refractivity contribution in [1.29, 1.82) is 0 Å². The Bertz CT molecular complexity index is 490. The summed E-state index contributed by atoms with van der Waals surface area (Å²) in [6.45, 7) is 7.48. The van der Waals surface area contributed by atoms with Crippen molar-refractivity contribution >= 4 is 17.8 Å². The van der Waals surface area contributed by atoms with Gasteiger partial charge in [-0.3, -0.25) is 19.4 Å². The predicted molar refractivity (Wildman–Crippen MR) is 96.1 cm³/mol. The van der Waals surface area contributed by atoms with Gasteiger partial charge in [-0.25, -0.2) is 4.79 Å². The van der Waals surface area contributed by atoms with Crippen molar-refractivity contribution in [3.63, 3.8) is 0 Å². The largest absolute Gasteiger partial charge is 0.480 e. The van der Waals surface area contributed by atoms with Crippen LogP contribution in [0.4, 0.5) is 0 Å². The zero-order chi connectivity index (χ0) is 19.6. The van der Waals surface area contributed by atoms with Gasteiger partial charge in [0, 0.05) is 58.9 Å². The molecule has 1 rings (SSSR count). The second-order valence-electron chi connectivity index (χ2n) is 6.39. The summed E-state index contributed by atoms with van der Waals surface area (Å²) >= 11 is 0. The number of hydrogen-bond acceptors (Lipinski definition) is 7. The molecule has 1 heterocycles. The Labute approximate surface area is 153 Å². The lowest BCUT2D eigenvalue weighted by Gasteiger charge is -2.38. The molecule has 1 amide bonds. The molecule has 1 aliphatic rings. The van der Waals surface area contributed by atoms with Gasteiger partial charge in [0.25, 0.3) is 5.91 Å². The maximum absolute atomic E-state index is 12.5. The Morgan fingerprint density at radius 3 is 2.15 bits per heavy atom. The monoisotopic (exact) mass is 373 g/mol. The highest BCUT2D eigenvalue weighted by atomic mass is 16.4. The first kappa shape index (κ1) is 22.3. The van der Waals surface area contributed by atoms with Crippen LogP contribution >= 0.6 is 0 Å². The molecule has 0 saturated carbocycles. The summed E-state index contributed by atoms with van der Waals surface area (Å²) < 4.78 is 0. The number of nitrogens with zero attached hydrogens (tertiary/aromatic N) is 2. The van der Waals surface area contributed by atoms with E-state index in [9.17, 15) is 19.5 Å². The summed E-state index contributed by atoms with van der Waals surface area (Å²) in [7, 11) is 0. The number of hydrogen-bond donors (Lipinski definition) is 5. The molecule has 1 aliphatic heterocycles. The fourth-order valence-electron chi connectivity index (χ4n) is 2.87. The van der Waals surface area contributed by atoms with Gasteiger partial charge in [0.05, 0.1) is 6.54 Å².